The largest absolute Gasteiger partial charge is 0.467 e. The second-order valence-corrected chi connectivity index (χ2v) is 8.47. The normalized spacial score (nSPS) is 28.3. The Hall–Kier alpha value is -2.90. The molecule has 4 amide bonds. The Morgan fingerprint density at radius 3 is 2.63 bits per heavy atom. The zero-order chi connectivity index (χ0) is 21.5. The van der Waals surface area contributed by atoms with E-state index in [4.69, 9.17) is 4.74 Å². The van der Waals surface area contributed by atoms with Gasteiger partial charge in [-0.05, 0) is 29.9 Å². The summed E-state index contributed by atoms with van der Waals surface area (Å²) in [5.41, 5.74) is 1.02. The highest BCUT2D eigenvalue weighted by atomic mass is 16.5. The minimum Gasteiger partial charge on any atom is -0.467 e. The van der Waals surface area contributed by atoms with Gasteiger partial charge in [0, 0.05) is 13.0 Å². The van der Waals surface area contributed by atoms with E-state index in [0.29, 0.717) is 12.8 Å². The molecule has 3 atom stereocenters. The van der Waals surface area contributed by atoms with Crippen LogP contribution in [-0.2, 0) is 32.1 Å². The first-order chi connectivity index (χ1) is 14.4. The Morgan fingerprint density at radius 1 is 1.20 bits per heavy atom. The molecule has 2 aliphatic heterocycles. The predicted octanol–water partition coefficient (Wildman–Crippen LogP) is 1.61. The summed E-state index contributed by atoms with van der Waals surface area (Å²) in [6.07, 6.45) is 3.69. The van der Waals surface area contributed by atoms with Crippen LogP contribution in [0.1, 0.15) is 43.7 Å². The van der Waals surface area contributed by atoms with Crippen molar-refractivity contribution in [2.75, 3.05) is 13.7 Å². The quantitative estimate of drug-likeness (QED) is 0.600. The predicted molar refractivity (Wildman–Crippen MR) is 107 cm³/mol. The lowest BCUT2D eigenvalue weighted by atomic mass is 9.73. The molecule has 30 heavy (non-hydrogen) atoms. The lowest BCUT2D eigenvalue weighted by molar-refractivity contribution is -0.154. The Balaban J connectivity index is 1.55. The SMILES string of the molecule is COC(=O)[C@H]1Cc2ccccc2CN1C(=O)CN1C(=O)N[C@]2(CCCC[C@H]2C)C1=O. The van der Waals surface area contributed by atoms with Gasteiger partial charge in [0.2, 0.25) is 5.91 Å². The molecule has 3 aliphatic rings. The maximum atomic E-state index is 13.2. The number of amides is 4. The van der Waals surface area contributed by atoms with Gasteiger partial charge in [-0.3, -0.25) is 14.5 Å². The van der Waals surface area contributed by atoms with E-state index in [9.17, 15) is 19.2 Å². The highest BCUT2D eigenvalue weighted by molar-refractivity contribution is 6.09. The van der Waals surface area contributed by atoms with Crippen molar-refractivity contribution in [2.24, 2.45) is 5.92 Å². The fraction of sp³-hybridized carbons (Fsp3) is 0.545. The average Bonchev–Trinajstić information content (AvgIpc) is 2.99. The van der Waals surface area contributed by atoms with Gasteiger partial charge in [0.25, 0.3) is 5.91 Å². The fourth-order valence-corrected chi connectivity index (χ4v) is 5.00. The second kappa shape index (κ2) is 7.74. The summed E-state index contributed by atoms with van der Waals surface area (Å²) < 4.78 is 4.91. The van der Waals surface area contributed by atoms with Crippen LogP contribution in [0, 0.1) is 5.92 Å². The number of urea groups is 1. The summed E-state index contributed by atoms with van der Waals surface area (Å²) in [5, 5.41) is 2.86. The zero-order valence-electron chi connectivity index (χ0n) is 17.3. The third kappa shape index (κ3) is 3.24. The van der Waals surface area contributed by atoms with Crippen molar-refractivity contribution in [3.63, 3.8) is 0 Å². The molecule has 1 aromatic carbocycles. The molecule has 1 spiro atoms. The average molecular weight is 413 g/mol. The number of nitrogens with zero attached hydrogens (tertiary/aromatic N) is 2. The summed E-state index contributed by atoms with van der Waals surface area (Å²) in [6.45, 7) is 1.83. The van der Waals surface area contributed by atoms with Crippen LogP contribution >= 0.6 is 0 Å². The molecule has 1 aliphatic carbocycles. The zero-order valence-corrected chi connectivity index (χ0v) is 17.3. The van der Waals surface area contributed by atoms with Gasteiger partial charge in [0.1, 0.15) is 18.1 Å². The summed E-state index contributed by atoms with van der Waals surface area (Å²) in [7, 11) is 1.29. The molecule has 0 radical (unpaired) electrons. The number of carbonyl (C=O) groups is 4. The van der Waals surface area contributed by atoms with E-state index in [-0.39, 0.29) is 24.9 Å². The first-order valence-corrected chi connectivity index (χ1v) is 10.5. The van der Waals surface area contributed by atoms with Gasteiger partial charge in [-0.15, -0.1) is 0 Å². The van der Waals surface area contributed by atoms with E-state index in [1.807, 2.05) is 31.2 Å². The van der Waals surface area contributed by atoms with Crippen molar-refractivity contribution in [3.05, 3.63) is 35.4 Å². The van der Waals surface area contributed by atoms with Gasteiger partial charge in [-0.1, -0.05) is 44.0 Å². The molecule has 2 fully saturated rings. The number of ether oxygens (including phenoxy) is 1. The third-order valence-electron chi connectivity index (χ3n) is 6.84. The summed E-state index contributed by atoms with van der Waals surface area (Å²) in [4.78, 5) is 53.8. The second-order valence-electron chi connectivity index (χ2n) is 8.47. The first-order valence-electron chi connectivity index (χ1n) is 10.5. The number of hydrogen-bond acceptors (Lipinski definition) is 5. The van der Waals surface area contributed by atoms with Crippen LogP contribution < -0.4 is 5.32 Å². The van der Waals surface area contributed by atoms with E-state index in [2.05, 4.69) is 5.32 Å². The van der Waals surface area contributed by atoms with Gasteiger partial charge < -0.3 is 15.0 Å². The van der Waals surface area contributed by atoms with Gasteiger partial charge in [-0.2, -0.15) is 0 Å². The molecular formula is C22H27N3O5. The Labute approximate surface area is 175 Å². The molecule has 2 heterocycles. The number of rotatable bonds is 3. The third-order valence-corrected chi connectivity index (χ3v) is 6.84. The van der Waals surface area contributed by atoms with Gasteiger partial charge in [0.05, 0.1) is 7.11 Å². The van der Waals surface area contributed by atoms with E-state index in [1.165, 1.54) is 12.0 Å². The van der Waals surface area contributed by atoms with Crippen LogP contribution in [0.25, 0.3) is 0 Å². The molecule has 8 heteroatoms. The van der Waals surface area contributed by atoms with Crippen molar-refractivity contribution in [3.8, 4) is 0 Å². The van der Waals surface area contributed by atoms with Crippen LogP contribution in [0.5, 0.6) is 0 Å². The molecular weight excluding hydrogens is 386 g/mol. The number of hydrogen-bond donors (Lipinski definition) is 1. The smallest absolute Gasteiger partial charge is 0.328 e. The molecule has 1 saturated carbocycles. The van der Waals surface area contributed by atoms with Gasteiger partial charge in [0.15, 0.2) is 0 Å². The van der Waals surface area contributed by atoms with E-state index >= 15 is 0 Å². The Morgan fingerprint density at radius 2 is 1.93 bits per heavy atom. The van der Waals surface area contributed by atoms with Crippen LogP contribution in [-0.4, -0.2) is 58.8 Å². The maximum Gasteiger partial charge on any atom is 0.328 e. The number of imide groups is 1. The number of methoxy groups -OCH3 is 1. The van der Waals surface area contributed by atoms with Crippen LogP contribution in [0.3, 0.4) is 0 Å². The number of benzene rings is 1. The fourth-order valence-electron chi connectivity index (χ4n) is 5.00. The molecule has 1 saturated heterocycles. The highest BCUT2D eigenvalue weighted by Crippen LogP contribution is 2.38. The number of esters is 1. The number of nitrogens with one attached hydrogen (secondary N) is 1. The van der Waals surface area contributed by atoms with Crippen LogP contribution in [0.2, 0.25) is 0 Å². The highest BCUT2D eigenvalue weighted by Gasteiger charge is 2.55. The molecule has 0 unspecified atom stereocenters. The lowest BCUT2D eigenvalue weighted by Crippen LogP contribution is -2.55. The minimum atomic E-state index is -0.911. The summed E-state index contributed by atoms with van der Waals surface area (Å²) in [5.74, 6) is -1.26. The van der Waals surface area contributed by atoms with Gasteiger partial charge in [-0.25, -0.2) is 9.59 Å². The summed E-state index contributed by atoms with van der Waals surface area (Å²) in [6, 6.07) is 6.30. The molecule has 8 nitrogen and oxygen atoms in total. The summed E-state index contributed by atoms with van der Waals surface area (Å²) >= 11 is 0. The monoisotopic (exact) mass is 413 g/mol. The molecule has 0 aromatic heterocycles. The molecule has 1 aromatic rings. The van der Waals surface area contributed by atoms with Crippen molar-refractivity contribution in [1.82, 2.24) is 15.1 Å². The van der Waals surface area contributed by atoms with E-state index in [0.717, 1.165) is 35.3 Å². The van der Waals surface area contributed by atoms with Crippen molar-refractivity contribution < 1.29 is 23.9 Å². The van der Waals surface area contributed by atoms with Crippen molar-refractivity contribution in [2.45, 2.75) is 57.2 Å². The van der Waals surface area contributed by atoms with E-state index < -0.39 is 29.5 Å². The van der Waals surface area contributed by atoms with E-state index in [1.54, 1.807) is 0 Å². The van der Waals surface area contributed by atoms with Crippen LogP contribution in [0.4, 0.5) is 4.79 Å². The van der Waals surface area contributed by atoms with Crippen molar-refractivity contribution >= 4 is 23.8 Å². The number of fused-ring (bicyclic) bond motifs is 1. The molecule has 160 valence electrons. The lowest BCUT2D eigenvalue weighted by Gasteiger charge is -2.37. The van der Waals surface area contributed by atoms with Crippen molar-refractivity contribution in [1.29, 1.82) is 0 Å². The van der Waals surface area contributed by atoms with Gasteiger partial charge >= 0.3 is 12.0 Å². The first kappa shape index (κ1) is 20.4. The topological polar surface area (TPSA) is 96.0 Å². The minimum absolute atomic E-state index is 0.0208. The maximum absolute atomic E-state index is 13.2. The molecule has 4 rings (SSSR count). The van der Waals surface area contributed by atoms with Crippen LogP contribution in [0.15, 0.2) is 24.3 Å². The molecule has 1 N–H and O–H groups in total. The molecule has 0 bridgehead atoms. The number of carbonyl (C=O) groups excluding carboxylic acids is 4. The standard InChI is InChI=1S/C22H27N3O5/c1-14-7-5-6-10-22(14)20(28)25(21(29)23-22)13-18(26)24-12-16-9-4-3-8-15(16)11-17(24)19(27)30-2/h3-4,8-9,14,17H,5-7,10-13H2,1-2H3,(H,23,29)/t14-,17-,22+/m1/s1. The Bertz CT molecular complexity index is 901. The Kier molecular flexibility index (Phi) is 5.26.